The predicted octanol–water partition coefficient (Wildman–Crippen LogP) is 2.99. The summed E-state index contributed by atoms with van der Waals surface area (Å²) in [5, 5.41) is 9.83. The van der Waals surface area contributed by atoms with Crippen LogP contribution >= 0.6 is 0 Å². The average molecular weight is 303 g/mol. The highest BCUT2D eigenvalue weighted by molar-refractivity contribution is 5.96. The van der Waals surface area contributed by atoms with Crippen LogP contribution in [0.25, 0.3) is 0 Å². The number of carbonyl (C=O) groups excluding carboxylic acids is 1. The lowest BCUT2D eigenvalue weighted by Gasteiger charge is -2.18. The van der Waals surface area contributed by atoms with Gasteiger partial charge in [-0.1, -0.05) is 6.07 Å². The molecule has 0 saturated heterocycles. The van der Waals surface area contributed by atoms with E-state index in [4.69, 9.17) is 4.74 Å². The number of rotatable bonds is 5. The van der Waals surface area contributed by atoms with Crippen molar-refractivity contribution in [2.45, 2.75) is 6.92 Å². The second kappa shape index (κ2) is 6.93. The van der Waals surface area contributed by atoms with Crippen molar-refractivity contribution in [1.29, 1.82) is 0 Å². The molecule has 4 nitrogen and oxygen atoms in total. The molecule has 0 unspecified atom stereocenters. The smallest absolute Gasteiger partial charge is 0.257 e. The molecule has 5 heteroatoms. The third-order valence-corrected chi connectivity index (χ3v) is 3.24. The molecule has 0 aliphatic rings. The van der Waals surface area contributed by atoms with E-state index in [1.54, 1.807) is 25.2 Å². The predicted molar refractivity (Wildman–Crippen MR) is 81.7 cm³/mol. The maximum Gasteiger partial charge on any atom is 0.257 e. The number of amides is 1. The van der Waals surface area contributed by atoms with Gasteiger partial charge in [0.1, 0.15) is 23.9 Å². The second-order valence-corrected chi connectivity index (χ2v) is 5.05. The number of aryl methyl sites for hydroxylation is 1. The van der Waals surface area contributed by atoms with Crippen molar-refractivity contribution in [3.8, 4) is 11.5 Å². The zero-order valence-electron chi connectivity index (χ0n) is 12.5. The number of ether oxygens (including phenoxy) is 1. The summed E-state index contributed by atoms with van der Waals surface area (Å²) in [4.78, 5) is 13.7. The van der Waals surface area contributed by atoms with Gasteiger partial charge in [0.15, 0.2) is 0 Å². The topological polar surface area (TPSA) is 49.8 Å². The zero-order chi connectivity index (χ0) is 16.1. The van der Waals surface area contributed by atoms with Crippen molar-refractivity contribution < 1.29 is 19.0 Å². The van der Waals surface area contributed by atoms with Gasteiger partial charge in [-0.25, -0.2) is 4.39 Å². The van der Waals surface area contributed by atoms with Gasteiger partial charge >= 0.3 is 0 Å². The monoisotopic (exact) mass is 303 g/mol. The van der Waals surface area contributed by atoms with Gasteiger partial charge in [-0.05, 0) is 48.9 Å². The quantitative estimate of drug-likeness (QED) is 0.924. The second-order valence-electron chi connectivity index (χ2n) is 5.05. The highest BCUT2D eigenvalue weighted by Crippen LogP contribution is 2.19. The van der Waals surface area contributed by atoms with Crippen LogP contribution in [0.3, 0.4) is 0 Å². The Balaban J connectivity index is 1.90. The van der Waals surface area contributed by atoms with Gasteiger partial charge in [0.2, 0.25) is 0 Å². The van der Waals surface area contributed by atoms with Crippen LogP contribution in [0.5, 0.6) is 11.5 Å². The van der Waals surface area contributed by atoms with Crippen molar-refractivity contribution >= 4 is 5.91 Å². The molecule has 22 heavy (non-hydrogen) atoms. The molecule has 2 aromatic rings. The molecular formula is C17H18FNO3. The third-order valence-electron chi connectivity index (χ3n) is 3.24. The van der Waals surface area contributed by atoms with Crippen molar-refractivity contribution in [1.82, 2.24) is 4.90 Å². The van der Waals surface area contributed by atoms with Crippen LogP contribution in [0, 0.1) is 12.7 Å². The lowest BCUT2D eigenvalue weighted by molar-refractivity contribution is 0.0771. The van der Waals surface area contributed by atoms with Gasteiger partial charge in [0, 0.05) is 7.05 Å². The SMILES string of the molecule is Cc1ccc(C(=O)N(C)CCOc2ccc(F)cc2)c(O)c1. The summed E-state index contributed by atoms with van der Waals surface area (Å²) in [6.07, 6.45) is 0. The molecule has 0 heterocycles. The molecule has 2 rings (SSSR count). The van der Waals surface area contributed by atoms with Crippen LogP contribution in [0.2, 0.25) is 0 Å². The minimum absolute atomic E-state index is 0.0312. The Bertz CT molecular complexity index is 655. The summed E-state index contributed by atoms with van der Waals surface area (Å²) < 4.78 is 18.2. The van der Waals surface area contributed by atoms with Gasteiger partial charge in [-0.2, -0.15) is 0 Å². The van der Waals surface area contributed by atoms with E-state index in [9.17, 15) is 14.3 Å². The molecule has 0 bridgehead atoms. The van der Waals surface area contributed by atoms with E-state index in [1.807, 2.05) is 6.92 Å². The Morgan fingerprint density at radius 3 is 2.55 bits per heavy atom. The number of nitrogens with zero attached hydrogens (tertiary/aromatic N) is 1. The Morgan fingerprint density at radius 1 is 1.23 bits per heavy atom. The Labute approximate surface area is 128 Å². The molecule has 0 aliphatic heterocycles. The van der Waals surface area contributed by atoms with Crippen LogP contribution in [-0.4, -0.2) is 36.1 Å². The number of benzene rings is 2. The maximum absolute atomic E-state index is 12.8. The standard InChI is InChI=1S/C17H18FNO3/c1-12-3-8-15(16(20)11-12)17(21)19(2)9-10-22-14-6-4-13(18)5-7-14/h3-8,11,20H,9-10H2,1-2H3. The Hall–Kier alpha value is -2.56. The number of phenolic OH excluding ortho intramolecular Hbond substituents is 1. The fourth-order valence-corrected chi connectivity index (χ4v) is 1.96. The number of carbonyl (C=O) groups is 1. The molecule has 0 aromatic heterocycles. The van der Waals surface area contributed by atoms with Gasteiger partial charge in [0.05, 0.1) is 12.1 Å². The molecule has 0 fully saturated rings. The van der Waals surface area contributed by atoms with Crippen molar-refractivity contribution in [3.63, 3.8) is 0 Å². The number of likely N-dealkylation sites (N-methyl/N-ethyl adjacent to an activating group) is 1. The lowest BCUT2D eigenvalue weighted by atomic mass is 10.1. The first-order valence-corrected chi connectivity index (χ1v) is 6.91. The first-order chi connectivity index (χ1) is 10.5. The average Bonchev–Trinajstić information content (AvgIpc) is 2.48. The Morgan fingerprint density at radius 2 is 1.91 bits per heavy atom. The Kier molecular flexibility index (Phi) is 4.99. The fraction of sp³-hybridized carbons (Fsp3) is 0.235. The van der Waals surface area contributed by atoms with E-state index < -0.39 is 0 Å². The molecule has 0 spiro atoms. The first-order valence-electron chi connectivity index (χ1n) is 6.91. The third kappa shape index (κ3) is 3.97. The number of hydrogen-bond acceptors (Lipinski definition) is 3. The van der Waals surface area contributed by atoms with Crippen LogP contribution in [-0.2, 0) is 0 Å². The van der Waals surface area contributed by atoms with E-state index in [0.29, 0.717) is 12.3 Å². The molecule has 1 amide bonds. The van der Waals surface area contributed by atoms with Crippen LogP contribution in [0.4, 0.5) is 4.39 Å². The molecule has 1 N–H and O–H groups in total. The summed E-state index contributed by atoms with van der Waals surface area (Å²) in [6.45, 7) is 2.47. The highest BCUT2D eigenvalue weighted by Gasteiger charge is 2.15. The number of halogens is 1. The maximum atomic E-state index is 12.8. The summed E-state index contributed by atoms with van der Waals surface area (Å²) in [7, 11) is 1.63. The minimum Gasteiger partial charge on any atom is -0.507 e. The number of hydrogen-bond donors (Lipinski definition) is 1. The lowest BCUT2D eigenvalue weighted by Crippen LogP contribution is -2.30. The summed E-state index contributed by atoms with van der Waals surface area (Å²) in [5.74, 6) is -0.0913. The number of aromatic hydroxyl groups is 1. The molecule has 0 radical (unpaired) electrons. The van der Waals surface area contributed by atoms with Crippen molar-refractivity contribution in [2.24, 2.45) is 0 Å². The fourth-order valence-electron chi connectivity index (χ4n) is 1.96. The van der Waals surface area contributed by atoms with E-state index in [0.717, 1.165) is 5.56 Å². The largest absolute Gasteiger partial charge is 0.507 e. The van der Waals surface area contributed by atoms with E-state index in [2.05, 4.69) is 0 Å². The molecule has 0 saturated carbocycles. The molecule has 2 aromatic carbocycles. The minimum atomic E-state index is -0.325. The van der Waals surface area contributed by atoms with Gasteiger partial charge < -0.3 is 14.7 Å². The zero-order valence-corrected chi connectivity index (χ0v) is 12.5. The van der Waals surface area contributed by atoms with Crippen LogP contribution in [0.1, 0.15) is 15.9 Å². The van der Waals surface area contributed by atoms with Gasteiger partial charge in [-0.3, -0.25) is 4.79 Å². The van der Waals surface area contributed by atoms with Crippen LogP contribution in [0.15, 0.2) is 42.5 Å². The number of phenols is 1. The normalized spacial score (nSPS) is 10.3. The summed E-state index contributed by atoms with van der Waals surface area (Å²) in [5.41, 5.74) is 1.14. The molecule has 116 valence electrons. The molecule has 0 atom stereocenters. The summed E-state index contributed by atoms with van der Waals surface area (Å²) >= 11 is 0. The van der Waals surface area contributed by atoms with E-state index >= 15 is 0 Å². The molecular weight excluding hydrogens is 285 g/mol. The van der Waals surface area contributed by atoms with E-state index in [-0.39, 0.29) is 29.6 Å². The van der Waals surface area contributed by atoms with E-state index in [1.165, 1.54) is 29.2 Å². The van der Waals surface area contributed by atoms with Crippen LogP contribution < -0.4 is 4.74 Å². The van der Waals surface area contributed by atoms with Crippen molar-refractivity contribution in [3.05, 3.63) is 59.4 Å². The van der Waals surface area contributed by atoms with Gasteiger partial charge in [-0.15, -0.1) is 0 Å². The van der Waals surface area contributed by atoms with Gasteiger partial charge in [0.25, 0.3) is 5.91 Å². The summed E-state index contributed by atoms with van der Waals surface area (Å²) in [6, 6.07) is 10.6. The highest BCUT2D eigenvalue weighted by atomic mass is 19.1. The first kappa shape index (κ1) is 15.8. The molecule has 0 aliphatic carbocycles. The van der Waals surface area contributed by atoms with Crippen molar-refractivity contribution in [2.75, 3.05) is 20.2 Å².